The van der Waals surface area contributed by atoms with E-state index >= 15 is 0 Å². The molecule has 1 aromatic carbocycles. The van der Waals surface area contributed by atoms with Crippen molar-refractivity contribution in [3.05, 3.63) is 24.5 Å². The van der Waals surface area contributed by atoms with Crippen LogP contribution in [0.15, 0.2) is 24.5 Å². The normalized spacial score (nSPS) is 16.0. The summed E-state index contributed by atoms with van der Waals surface area (Å²) in [4.78, 5) is 25.4. The van der Waals surface area contributed by atoms with E-state index in [1.165, 1.54) is 6.33 Å². The second-order valence-corrected chi connectivity index (χ2v) is 5.30. The van der Waals surface area contributed by atoms with Crippen LogP contribution in [0, 0.1) is 0 Å². The predicted molar refractivity (Wildman–Crippen MR) is 79.5 cm³/mol. The molecule has 0 radical (unpaired) electrons. The van der Waals surface area contributed by atoms with Crippen molar-refractivity contribution >= 4 is 33.5 Å². The van der Waals surface area contributed by atoms with Gasteiger partial charge in [0.15, 0.2) is 0 Å². The Hall–Kier alpha value is -2.63. The van der Waals surface area contributed by atoms with Gasteiger partial charge in [-0.05, 0) is 18.2 Å². The first-order valence-electron chi connectivity index (χ1n) is 6.94. The van der Waals surface area contributed by atoms with Crippen LogP contribution in [-0.2, 0) is 4.79 Å². The summed E-state index contributed by atoms with van der Waals surface area (Å²) in [6, 6.07) is 5.19. The van der Waals surface area contributed by atoms with E-state index in [0.717, 1.165) is 27.8 Å². The van der Waals surface area contributed by atoms with Crippen molar-refractivity contribution in [1.29, 1.82) is 0 Å². The average molecular weight is 282 g/mol. The fourth-order valence-electron chi connectivity index (χ4n) is 2.90. The molecule has 0 spiro atoms. The van der Waals surface area contributed by atoms with Crippen LogP contribution in [0.3, 0.4) is 0 Å². The summed E-state index contributed by atoms with van der Waals surface area (Å²) >= 11 is 0. The van der Waals surface area contributed by atoms with Gasteiger partial charge in [-0.3, -0.25) is 4.79 Å². The molecule has 3 aromatic rings. The lowest BCUT2D eigenvalue weighted by molar-refractivity contribution is -0.119. The summed E-state index contributed by atoms with van der Waals surface area (Å²) in [6.45, 7) is 1.35. The fraction of sp³-hybridized carbons (Fsp3) is 0.267. The van der Waals surface area contributed by atoms with Crippen LogP contribution in [0.25, 0.3) is 21.9 Å². The smallest absolute Gasteiger partial charge is 0.143 e. The number of fused-ring (bicyclic) bond motifs is 3. The third-order valence-corrected chi connectivity index (χ3v) is 3.97. The van der Waals surface area contributed by atoms with Gasteiger partial charge in [0.05, 0.1) is 5.39 Å². The Labute approximate surface area is 120 Å². The number of aromatic hydroxyl groups is 1. The zero-order chi connectivity index (χ0) is 14.4. The molecule has 6 nitrogen and oxygen atoms in total. The number of nitrogens with zero attached hydrogens (tertiary/aromatic N) is 3. The van der Waals surface area contributed by atoms with Crippen molar-refractivity contribution < 1.29 is 9.90 Å². The number of phenols is 1. The van der Waals surface area contributed by atoms with E-state index in [-0.39, 0.29) is 5.75 Å². The number of aromatic amines is 1. The minimum absolute atomic E-state index is 0.215. The molecule has 4 rings (SSSR count). The minimum atomic E-state index is 0.215. The number of H-pyrrole nitrogens is 1. The Morgan fingerprint density at radius 2 is 2.00 bits per heavy atom. The summed E-state index contributed by atoms with van der Waals surface area (Å²) in [6.07, 6.45) is 2.64. The topological polar surface area (TPSA) is 82.1 Å². The van der Waals surface area contributed by atoms with E-state index in [1.54, 1.807) is 12.1 Å². The maximum atomic E-state index is 11.4. The molecule has 6 heteroatoms. The molecule has 0 unspecified atom stereocenters. The van der Waals surface area contributed by atoms with Gasteiger partial charge >= 0.3 is 0 Å². The highest BCUT2D eigenvalue weighted by atomic mass is 16.3. The number of hydrogen-bond donors (Lipinski definition) is 2. The summed E-state index contributed by atoms with van der Waals surface area (Å²) < 4.78 is 0. The van der Waals surface area contributed by atoms with Gasteiger partial charge < -0.3 is 15.0 Å². The van der Waals surface area contributed by atoms with Gasteiger partial charge in [-0.2, -0.15) is 0 Å². The lowest BCUT2D eigenvalue weighted by Crippen LogP contribution is -2.34. The Morgan fingerprint density at radius 3 is 2.81 bits per heavy atom. The van der Waals surface area contributed by atoms with E-state index in [2.05, 4.69) is 19.9 Å². The average Bonchev–Trinajstić information content (AvgIpc) is 2.86. The van der Waals surface area contributed by atoms with Gasteiger partial charge in [0.2, 0.25) is 0 Å². The van der Waals surface area contributed by atoms with Crippen LogP contribution >= 0.6 is 0 Å². The first kappa shape index (κ1) is 12.1. The molecule has 0 saturated carbocycles. The van der Waals surface area contributed by atoms with Gasteiger partial charge in [-0.1, -0.05) is 0 Å². The van der Waals surface area contributed by atoms with Gasteiger partial charge in [0, 0.05) is 36.8 Å². The van der Waals surface area contributed by atoms with E-state index in [1.807, 2.05) is 6.07 Å². The van der Waals surface area contributed by atoms with Crippen LogP contribution < -0.4 is 4.90 Å². The third-order valence-electron chi connectivity index (χ3n) is 3.97. The molecule has 1 aliphatic heterocycles. The highest BCUT2D eigenvalue weighted by Crippen LogP contribution is 2.33. The van der Waals surface area contributed by atoms with E-state index in [4.69, 9.17) is 0 Å². The Balaban J connectivity index is 1.94. The zero-order valence-electron chi connectivity index (χ0n) is 11.3. The molecule has 0 aliphatic carbocycles. The van der Waals surface area contributed by atoms with E-state index < -0.39 is 0 Å². The Morgan fingerprint density at radius 1 is 1.19 bits per heavy atom. The van der Waals surface area contributed by atoms with Crippen molar-refractivity contribution in [3.63, 3.8) is 0 Å². The molecule has 0 bridgehead atoms. The largest absolute Gasteiger partial charge is 0.508 e. The molecule has 0 amide bonds. The summed E-state index contributed by atoms with van der Waals surface area (Å²) in [5.41, 5.74) is 1.66. The number of aromatic nitrogens is 3. The highest BCUT2D eigenvalue weighted by molar-refractivity contribution is 6.11. The summed E-state index contributed by atoms with van der Waals surface area (Å²) in [7, 11) is 0. The number of anilines is 1. The van der Waals surface area contributed by atoms with Crippen LogP contribution in [0.2, 0.25) is 0 Å². The summed E-state index contributed by atoms with van der Waals surface area (Å²) in [5, 5.41) is 11.5. The van der Waals surface area contributed by atoms with E-state index in [0.29, 0.717) is 31.7 Å². The van der Waals surface area contributed by atoms with Crippen molar-refractivity contribution in [2.24, 2.45) is 0 Å². The standard InChI is InChI=1S/C15H14N4O2/c20-9-3-5-19(6-4-9)15-13-11-7-10(21)1-2-12(11)18-14(13)16-8-17-15/h1-2,7-8,21H,3-6H2,(H,16,17,18). The number of hydrogen-bond acceptors (Lipinski definition) is 5. The van der Waals surface area contributed by atoms with Crippen molar-refractivity contribution in [2.45, 2.75) is 12.8 Å². The van der Waals surface area contributed by atoms with Crippen molar-refractivity contribution in [3.8, 4) is 5.75 Å². The molecular formula is C15H14N4O2. The number of benzene rings is 1. The monoisotopic (exact) mass is 282 g/mol. The number of piperidine rings is 1. The zero-order valence-corrected chi connectivity index (χ0v) is 11.3. The third kappa shape index (κ3) is 1.91. The lowest BCUT2D eigenvalue weighted by atomic mass is 10.1. The molecule has 3 heterocycles. The maximum Gasteiger partial charge on any atom is 0.143 e. The molecule has 1 fully saturated rings. The lowest BCUT2D eigenvalue weighted by Gasteiger charge is -2.27. The van der Waals surface area contributed by atoms with Gasteiger partial charge in [-0.25, -0.2) is 9.97 Å². The molecule has 1 aliphatic rings. The van der Waals surface area contributed by atoms with Crippen molar-refractivity contribution in [1.82, 2.24) is 15.0 Å². The molecule has 2 aromatic heterocycles. The second kappa shape index (κ2) is 4.44. The molecule has 2 N–H and O–H groups in total. The Kier molecular flexibility index (Phi) is 2.57. The van der Waals surface area contributed by atoms with Gasteiger partial charge in [-0.15, -0.1) is 0 Å². The second-order valence-electron chi connectivity index (χ2n) is 5.30. The molecular weight excluding hydrogens is 268 g/mol. The SMILES string of the molecule is O=C1CCN(c2ncnc3[nH]c4ccc(O)cc4c23)CC1. The molecule has 106 valence electrons. The van der Waals surface area contributed by atoms with Gasteiger partial charge in [0.25, 0.3) is 0 Å². The van der Waals surface area contributed by atoms with Crippen LogP contribution in [0.4, 0.5) is 5.82 Å². The molecule has 0 atom stereocenters. The van der Waals surface area contributed by atoms with Crippen LogP contribution in [-0.4, -0.2) is 38.9 Å². The summed E-state index contributed by atoms with van der Waals surface area (Å²) in [5.74, 6) is 1.34. The maximum absolute atomic E-state index is 11.4. The van der Waals surface area contributed by atoms with Crippen LogP contribution in [0.1, 0.15) is 12.8 Å². The fourth-order valence-corrected chi connectivity index (χ4v) is 2.90. The first-order chi connectivity index (χ1) is 10.2. The minimum Gasteiger partial charge on any atom is -0.508 e. The molecule has 1 saturated heterocycles. The number of Topliss-reactive ketones (excluding diaryl/α,β-unsaturated/α-hetero) is 1. The number of phenolic OH excluding ortho intramolecular Hbond substituents is 1. The molecule has 21 heavy (non-hydrogen) atoms. The number of nitrogens with one attached hydrogen (secondary N) is 1. The van der Waals surface area contributed by atoms with Gasteiger partial charge in [0.1, 0.15) is 29.3 Å². The predicted octanol–water partition coefficient (Wildman–Crippen LogP) is 1.99. The number of ketones is 1. The number of carbonyl (C=O) groups excluding carboxylic acids is 1. The quantitative estimate of drug-likeness (QED) is 0.713. The highest BCUT2D eigenvalue weighted by Gasteiger charge is 2.21. The number of carbonyl (C=O) groups is 1. The van der Waals surface area contributed by atoms with Crippen molar-refractivity contribution in [2.75, 3.05) is 18.0 Å². The van der Waals surface area contributed by atoms with E-state index in [9.17, 15) is 9.90 Å². The number of rotatable bonds is 1. The first-order valence-corrected chi connectivity index (χ1v) is 6.94. The van der Waals surface area contributed by atoms with Crippen LogP contribution in [0.5, 0.6) is 5.75 Å². The Bertz CT molecular complexity index is 845.